The van der Waals surface area contributed by atoms with Crippen molar-refractivity contribution in [2.24, 2.45) is 12.9 Å². The second-order valence-electron chi connectivity index (χ2n) is 3.72. The van der Waals surface area contributed by atoms with Gasteiger partial charge in [0.25, 0.3) is 0 Å². The molecule has 2 heterocycles. The summed E-state index contributed by atoms with van der Waals surface area (Å²) < 4.78 is 1.66. The maximum Gasteiger partial charge on any atom is 0.129 e. The first kappa shape index (κ1) is 12.0. The van der Waals surface area contributed by atoms with Crippen molar-refractivity contribution in [2.75, 3.05) is 0 Å². The van der Waals surface area contributed by atoms with Gasteiger partial charge in [-0.2, -0.15) is 0 Å². The maximum atomic E-state index is 5.84. The summed E-state index contributed by atoms with van der Waals surface area (Å²) in [5.41, 5.74) is 4.57. The van der Waals surface area contributed by atoms with Crippen LogP contribution in [0.3, 0.4) is 0 Å². The lowest BCUT2D eigenvalue weighted by Crippen LogP contribution is -2.29. The van der Waals surface area contributed by atoms with Crippen molar-refractivity contribution < 1.29 is 0 Å². The minimum absolute atomic E-state index is 0.0628. The Morgan fingerprint density at radius 3 is 3.00 bits per heavy atom. The van der Waals surface area contributed by atoms with Gasteiger partial charge >= 0.3 is 0 Å². The smallest absolute Gasteiger partial charge is 0.129 e. The molecule has 2 rings (SSSR count). The number of aryl methyl sites for hydroxylation is 1. The Kier molecular flexibility index (Phi) is 3.68. The highest BCUT2D eigenvalue weighted by molar-refractivity contribution is 6.29. The normalized spacial score (nSPS) is 12.6. The van der Waals surface area contributed by atoms with E-state index in [-0.39, 0.29) is 6.04 Å². The summed E-state index contributed by atoms with van der Waals surface area (Å²) in [6.07, 6.45) is 4.15. The van der Waals surface area contributed by atoms with E-state index < -0.39 is 0 Å². The molecule has 0 saturated carbocycles. The van der Waals surface area contributed by atoms with Crippen molar-refractivity contribution in [3.05, 3.63) is 40.9 Å². The molecule has 3 N–H and O–H groups in total. The van der Waals surface area contributed by atoms with Gasteiger partial charge in [0.1, 0.15) is 5.15 Å². The number of aromatic nitrogens is 4. The number of nitrogens with one attached hydrogen (secondary N) is 1. The van der Waals surface area contributed by atoms with Crippen LogP contribution in [-0.4, -0.2) is 20.0 Å². The zero-order valence-corrected chi connectivity index (χ0v) is 10.1. The lowest BCUT2D eigenvalue weighted by atomic mass is 10.0. The molecule has 1 atom stereocenters. The maximum absolute atomic E-state index is 5.84. The molecule has 7 heteroatoms. The van der Waals surface area contributed by atoms with Crippen LogP contribution in [0.2, 0.25) is 5.15 Å². The van der Waals surface area contributed by atoms with Gasteiger partial charge in [-0.1, -0.05) is 16.8 Å². The van der Waals surface area contributed by atoms with Crippen LogP contribution in [0.15, 0.2) is 24.5 Å². The Morgan fingerprint density at radius 2 is 2.41 bits per heavy atom. The molecule has 1 unspecified atom stereocenters. The van der Waals surface area contributed by atoms with Gasteiger partial charge in [-0.05, 0) is 17.7 Å². The van der Waals surface area contributed by atoms with E-state index in [1.54, 1.807) is 16.9 Å². The van der Waals surface area contributed by atoms with Crippen LogP contribution < -0.4 is 11.3 Å². The number of nitrogens with zero attached hydrogens (tertiary/aromatic N) is 4. The highest BCUT2D eigenvalue weighted by Gasteiger charge is 2.13. The van der Waals surface area contributed by atoms with E-state index in [0.29, 0.717) is 11.6 Å². The van der Waals surface area contributed by atoms with Gasteiger partial charge in [0.05, 0.1) is 11.7 Å². The van der Waals surface area contributed by atoms with Gasteiger partial charge in [0, 0.05) is 25.9 Å². The van der Waals surface area contributed by atoms with E-state index in [0.717, 1.165) is 11.3 Å². The molecule has 0 aliphatic rings. The minimum Gasteiger partial charge on any atom is -0.271 e. The number of pyridine rings is 1. The summed E-state index contributed by atoms with van der Waals surface area (Å²) in [6, 6.07) is 3.59. The molecular weight excluding hydrogens is 240 g/mol. The fourth-order valence-electron chi connectivity index (χ4n) is 1.61. The van der Waals surface area contributed by atoms with Crippen molar-refractivity contribution in [2.45, 2.75) is 12.5 Å². The predicted octanol–water partition coefficient (Wildman–Crippen LogP) is 0.611. The third-order valence-electron chi connectivity index (χ3n) is 2.42. The fourth-order valence-corrected chi connectivity index (χ4v) is 1.79. The number of hydrogen-bond donors (Lipinski definition) is 2. The van der Waals surface area contributed by atoms with Crippen LogP contribution in [-0.2, 0) is 13.5 Å². The molecule has 0 bridgehead atoms. The second-order valence-corrected chi connectivity index (χ2v) is 4.11. The van der Waals surface area contributed by atoms with E-state index in [1.807, 2.05) is 19.3 Å². The number of rotatable bonds is 4. The third-order valence-corrected chi connectivity index (χ3v) is 2.62. The minimum atomic E-state index is -0.0628. The van der Waals surface area contributed by atoms with Crippen LogP contribution in [0.25, 0.3) is 0 Å². The number of hydrazine groups is 1. The summed E-state index contributed by atoms with van der Waals surface area (Å²) in [4.78, 5) is 3.93. The molecule has 0 fully saturated rings. The largest absolute Gasteiger partial charge is 0.271 e. The Bertz CT molecular complexity index is 497. The van der Waals surface area contributed by atoms with Crippen molar-refractivity contribution in [1.82, 2.24) is 25.4 Å². The predicted molar refractivity (Wildman–Crippen MR) is 64.0 cm³/mol. The third kappa shape index (κ3) is 3.00. The summed E-state index contributed by atoms with van der Waals surface area (Å²) in [6.45, 7) is 0. The number of halogens is 1. The molecule has 2 aromatic heterocycles. The van der Waals surface area contributed by atoms with Crippen LogP contribution in [0.1, 0.15) is 17.3 Å². The van der Waals surface area contributed by atoms with E-state index in [9.17, 15) is 0 Å². The summed E-state index contributed by atoms with van der Waals surface area (Å²) in [7, 11) is 1.82. The van der Waals surface area contributed by atoms with Gasteiger partial charge in [0.2, 0.25) is 0 Å². The van der Waals surface area contributed by atoms with Gasteiger partial charge < -0.3 is 0 Å². The Hall–Kier alpha value is -1.50. The highest BCUT2D eigenvalue weighted by atomic mass is 35.5. The first-order chi connectivity index (χ1) is 8.19. The molecule has 0 radical (unpaired) electrons. The van der Waals surface area contributed by atoms with Gasteiger partial charge in [0.15, 0.2) is 0 Å². The molecule has 0 aliphatic heterocycles. The molecule has 0 aliphatic carbocycles. The Balaban J connectivity index is 2.16. The first-order valence-electron chi connectivity index (χ1n) is 5.12. The van der Waals surface area contributed by atoms with E-state index >= 15 is 0 Å². The molecule has 17 heavy (non-hydrogen) atoms. The topological polar surface area (TPSA) is 81.7 Å². The van der Waals surface area contributed by atoms with Crippen LogP contribution >= 0.6 is 11.6 Å². The summed E-state index contributed by atoms with van der Waals surface area (Å²) >= 11 is 5.84. The molecule has 2 aromatic rings. The Labute approximate surface area is 104 Å². The Morgan fingerprint density at radius 1 is 1.59 bits per heavy atom. The summed E-state index contributed by atoms with van der Waals surface area (Å²) in [5, 5.41) is 8.34. The van der Waals surface area contributed by atoms with Gasteiger partial charge in [-0.3, -0.25) is 16.0 Å². The SMILES string of the molecule is Cn1cc(CC(NN)c2ccnc(Cl)c2)nn1. The van der Waals surface area contributed by atoms with E-state index in [1.165, 1.54) is 0 Å². The highest BCUT2D eigenvalue weighted by Crippen LogP contribution is 2.18. The molecule has 0 spiro atoms. The molecule has 0 aromatic carbocycles. The van der Waals surface area contributed by atoms with Crippen molar-refractivity contribution >= 4 is 11.6 Å². The molecule has 0 saturated heterocycles. The van der Waals surface area contributed by atoms with Crippen molar-refractivity contribution in [3.63, 3.8) is 0 Å². The summed E-state index contributed by atoms with van der Waals surface area (Å²) in [5.74, 6) is 5.54. The average Bonchev–Trinajstić information content (AvgIpc) is 2.72. The molecule has 0 amide bonds. The lowest BCUT2D eigenvalue weighted by Gasteiger charge is -2.14. The van der Waals surface area contributed by atoms with Crippen molar-refractivity contribution in [3.8, 4) is 0 Å². The lowest BCUT2D eigenvalue weighted by molar-refractivity contribution is 0.545. The van der Waals surface area contributed by atoms with Crippen LogP contribution in [0.4, 0.5) is 0 Å². The first-order valence-corrected chi connectivity index (χ1v) is 5.49. The fraction of sp³-hybridized carbons (Fsp3) is 0.300. The molecule has 90 valence electrons. The zero-order valence-electron chi connectivity index (χ0n) is 9.34. The van der Waals surface area contributed by atoms with Gasteiger partial charge in [-0.15, -0.1) is 5.10 Å². The second kappa shape index (κ2) is 5.22. The standard InChI is InChI=1S/C10H13ClN6/c1-17-6-8(15-16-17)5-9(14-12)7-2-3-13-10(11)4-7/h2-4,6,9,14H,5,12H2,1H3. The molecule has 6 nitrogen and oxygen atoms in total. The quantitative estimate of drug-likeness (QED) is 0.473. The average molecular weight is 253 g/mol. The van der Waals surface area contributed by atoms with Crippen LogP contribution in [0, 0.1) is 0 Å². The zero-order chi connectivity index (χ0) is 12.3. The number of nitrogens with two attached hydrogens (primary N) is 1. The van der Waals surface area contributed by atoms with E-state index in [2.05, 4.69) is 20.7 Å². The monoisotopic (exact) mass is 252 g/mol. The number of hydrogen-bond acceptors (Lipinski definition) is 5. The van der Waals surface area contributed by atoms with Crippen LogP contribution in [0.5, 0.6) is 0 Å². The molecular formula is C10H13ClN6. The van der Waals surface area contributed by atoms with Crippen molar-refractivity contribution in [1.29, 1.82) is 0 Å². The van der Waals surface area contributed by atoms with E-state index in [4.69, 9.17) is 17.4 Å². The van der Waals surface area contributed by atoms with Gasteiger partial charge in [-0.25, -0.2) is 4.98 Å².